The van der Waals surface area contributed by atoms with Crippen LogP contribution in [0.15, 0.2) is 92.3 Å². The molecule has 0 atom stereocenters. The Morgan fingerprint density at radius 2 is 1.78 bits per heavy atom. The minimum absolute atomic E-state index is 0.0452. The van der Waals surface area contributed by atoms with Crippen molar-refractivity contribution >= 4 is 43.3 Å². The number of benzene rings is 2. The highest BCUT2D eigenvalue weighted by atomic mass is 79.9. The van der Waals surface area contributed by atoms with Gasteiger partial charge in [-0.25, -0.2) is 0 Å². The van der Waals surface area contributed by atoms with Crippen molar-refractivity contribution in [3.8, 4) is 0 Å². The van der Waals surface area contributed by atoms with Gasteiger partial charge in [-0.1, -0.05) is 85.5 Å². The van der Waals surface area contributed by atoms with E-state index in [0.717, 1.165) is 56.4 Å². The van der Waals surface area contributed by atoms with Gasteiger partial charge >= 0.3 is 0 Å². The lowest BCUT2D eigenvalue weighted by Gasteiger charge is -2.31. The zero-order valence-electron chi connectivity index (χ0n) is 22.5. The molecular weight excluding hydrogens is 590 g/mol. The first kappa shape index (κ1) is 27.7. The fourth-order valence-corrected chi connectivity index (χ4v) is 6.03. The van der Waals surface area contributed by atoms with Gasteiger partial charge in [0.1, 0.15) is 5.76 Å². The molecule has 194 valence electrons. The maximum absolute atomic E-state index is 13.3. The van der Waals surface area contributed by atoms with E-state index in [1.807, 2.05) is 12.1 Å². The van der Waals surface area contributed by atoms with E-state index in [4.69, 9.17) is 0 Å². The van der Waals surface area contributed by atoms with Crippen molar-refractivity contribution in [1.29, 1.82) is 0 Å². The predicted octanol–water partition coefficient (Wildman–Crippen LogP) is 9.16. The Labute approximate surface area is 237 Å². The molecule has 5 heteroatoms. The molecule has 37 heavy (non-hydrogen) atoms. The lowest BCUT2D eigenvalue weighted by atomic mass is 9.74. The van der Waals surface area contributed by atoms with E-state index in [1.54, 1.807) is 6.08 Å². The van der Waals surface area contributed by atoms with Crippen LogP contribution >= 0.6 is 31.9 Å². The molecule has 4 rings (SSSR count). The van der Waals surface area contributed by atoms with E-state index >= 15 is 0 Å². The molecule has 0 unspecified atom stereocenters. The fourth-order valence-electron chi connectivity index (χ4n) is 5.31. The van der Waals surface area contributed by atoms with Crippen LogP contribution in [0, 0.1) is 6.92 Å². The standard InChI is InChI=1S/C32H35Br2NO2/c1-8-9-14-35-27-13-12-22(34)17-26(27)32(6,7)28(35)18-24-29(36)23(30(24)37)15-20(3)31(4,5)25-16-21(33)11-10-19(25)2/h10-13,15-18,36H,3,8-9,14H2,1-2,4-7H3/b23-15-,28-18-. The van der Waals surface area contributed by atoms with Crippen LogP contribution in [0.3, 0.4) is 0 Å². The summed E-state index contributed by atoms with van der Waals surface area (Å²) in [5.41, 5.74) is 6.45. The van der Waals surface area contributed by atoms with Gasteiger partial charge < -0.3 is 10.0 Å². The van der Waals surface area contributed by atoms with Gasteiger partial charge in [0.15, 0.2) is 0 Å². The number of allylic oxidation sites excluding steroid dienone is 6. The van der Waals surface area contributed by atoms with Crippen LogP contribution < -0.4 is 4.90 Å². The van der Waals surface area contributed by atoms with Gasteiger partial charge in [-0.05, 0) is 78.1 Å². The highest BCUT2D eigenvalue weighted by molar-refractivity contribution is 9.10. The van der Waals surface area contributed by atoms with Crippen molar-refractivity contribution < 1.29 is 9.90 Å². The summed E-state index contributed by atoms with van der Waals surface area (Å²) in [4.78, 5) is 15.6. The van der Waals surface area contributed by atoms with E-state index in [2.05, 4.69) is 115 Å². The van der Waals surface area contributed by atoms with Crippen molar-refractivity contribution in [2.75, 3.05) is 11.4 Å². The van der Waals surface area contributed by atoms with Gasteiger partial charge in [0, 0.05) is 37.7 Å². The molecule has 1 aliphatic carbocycles. The average Bonchev–Trinajstić information content (AvgIpc) is 3.05. The summed E-state index contributed by atoms with van der Waals surface area (Å²) >= 11 is 7.18. The second-order valence-electron chi connectivity index (χ2n) is 11.1. The lowest BCUT2D eigenvalue weighted by Crippen LogP contribution is -2.30. The minimum Gasteiger partial charge on any atom is -0.506 e. The molecular formula is C32H35Br2NO2. The fraction of sp³-hybridized carbons (Fsp3) is 0.344. The largest absolute Gasteiger partial charge is 0.506 e. The Hall–Kier alpha value is -2.37. The van der Waals surface area contributed by atoms with Crippen LogP contribution in [0.2, 0.25) is 0 Å². The number of anilines is 1. The SMILES string of the molecule is C=C(/C=C1\C(=O)C(/C=C2\N(CCCC)c3ccc(Br)cc3C2(C)C)=C1O)C(C)(C)c1cc(Br)ccc1C. The number of aliphatic hydroxyl groups excluding tert-OH is 1. The van der Waals surface area contributed by atoms with Crippen molar-refractivity contribution in [2.24, 2.45) is 0 Å². The number of Topliss-reactive ketones (excluding diaryl/α,β-unsaturated/α-hetero) is 1. The Morgan fingerprint density at radius 1 is 1.14 bits per heavy atom. The van der Waals surface area contributed by atoms with Crippen molar-refractivity contribution in [3.05, 3.63) is 109 Å². The van der Waals surface area contributed by atoms with Crippen molar-refractivity contribution in [3.63, 3.8) is 0 Å². The van der Waals surface area contributed by atoms with Gasteiger partial charge in [0.05, 0.1) is 11.1 Å². The van der Waals surface area contributed by atoms with Gasteiger partial charge in [0.2, 0.25) is 5.78 Å². The molecule has 2 aliphatic rings. The van der Waals surface area contributed by atoms with Gasteiger partial charge in [-0.15, -0.1) is 0 Å². The summed E-state index contributed by atoms with van der Waals surface area (Å²) in [6.45, 7) is 18.0. The predicted molar refractivity (Wildman–Crippen MR) is 161 cm³/mol. The highest BCUT2D eigenvalue weighted by Gasteiger charge is 2.42. The summed E-state index contributed by atoms with van der Waals surface area (Å²) in [7, 11) is 0. The topological polar surface area (TPSA) is 40.5 Å². The Morgan fingerprint density at radius 3 is 2.43 bits per heavy atom. The number of ketones is 1. The number of fused-ring (bicyclic) bond motifs is 1. The molecule has 1 heterocycles. The quantitative estimate of drug-likeness (QED) is 0.312. The molecule has 0 saturated heterocycles. The number of aryl methyl sites for hydroxylation is 1. The third-order valence-electron chi connectivity index (χ3n) is 7.86. The van der Waals surface area contributed by atoms with Gasteiger partial charge in [-0.3, -0.25) is 4.79 Å². The number of unbranched alkanes of at least 4 members (excludes halogenated alkanes) is 1. The molecule has 1 N–H and O–H groups in total. The first-order valence-corrected chi connectivity index (χ1v) is 14.3. The van der Waals surface area contributed by atoms with Crippen LogP contribution in [0.4, 0.5) is 5.69 Å². The summed E-state index contributed by atoms with van der Waals surface area (Å²) in [5.74, 6) is -0.0971. The van der Waals surface area contributed by atoms with Crippen molar-refractivity contribution in [2.45, 2.75) is 65.2 Å². The highest BCUT2D eigenvalue weighted by Crippen LogP contribution is 2.50. The first-order chi connectivity index (χ1) is 17.3. The van der Waals surface area contributed by atoms with Crippen LogP contribution in [0.25, 0.3) is 0 Å². The summed E-state index contributed by atoms with van der Waals surface area (Å²) in [5, 5.41) is 11.0. The molecule has 0 saturated carbocycles. The van der Waals surface area contributed by atoms with Crippen LogP contribution in [0.5, 0.6) is 0 Å². The monoisotopic (exact) mass is 623 g/mol. The molecule has 2 aromatic carbocycles. The van der Waals surface area contributed by atoms with Gasteiger partial charge in [-0.2, -0.15) is 0 Å². The number of rotatable bonds is 7. The molecule has 2 aromatic rings. The maximum Gasteiger partial charge on any atom is 0.200 e. The summed E-state index contributed by atoms with van der Waals surface area (Å²) < 4.78 is 2.03. The zero-order chi connectivity index (χ0) is 27.3. The number of carbonyl (C=O) groups is 1. The second-order valence-corrected chi connectivity index (χ2v) is 12.9. The third kappa shape index (κ3) is 4.81. The lowest BCUT2D eigenvalue weighted by molar-refractivity contribution is -0.113. The normalized spacial score (nSPS) is 19.0. The molecule has 0 amide bonds. The minimum atomic E-state index is -0.408. The van der Waals surface area contributed by atoms with E-state index in [0.29, 0.717) is 11.1 Å². The van der Waals surface area contributed by atoms with Crippen LogP contribution in [0.1, 0.15) is 64.2 Å². The van der Waals surface area contributed by atoms with E-state index in [1.165, 1.54) is 5.56 Å². The molecule has 1 aliphatic heterocycles. The smallest absolute Gasteiger partial charge is 0.200 e. The van der Waals surface area contributed by atoms with Crippen LogP contribution in [-0.4, -0.2) is 17.4 Å². The first-order valence-electron chi connectivity index (χ1n) is 12.8. The number of aliphatic hydroxyl groups is 1. The van der Waals surface area contributed by atoms with Crippen LogP contribution in [-0.2, 0) is 15.6 Å². The number of nitrogens with zero attached hydrogens (tertiary/aromatic N) is 1. The number of hydrogen-bond acceptors (Lipinski definition) is 3. The number of halogens is 2. The van der Waals surface area contributed by atoms with E-state index in [9.17, 15) is 9.90 Å². The number of hydrogen-bond donors (Lipinski definition) is 1. The Bertz CT molecular complexity index is 1390. The van der Waals surface area contributed by atoms with Crippen molar-refractivity contribution in [1.82, 2.24) is 0 Å². The molecule has 0 radical (unpaired) electrons. The number of carbonyl (C=O) groups excluding carboxylic acids is 1. The third-order valence-corrected chi connectivity index (χ3v) is 8.85. The second kappa shape index (κ2) is 10.1. The molecule has 0 spiro atoms. The molecule has 0 fully saturated rings. The zero-order valence-corrected chi connectivity index (χ0v) is 25.7. The van der Waals surface area contributed by atoms with E-state index in [-0.39, 0.29) is 17.0 Å². The summed E-state index contributed by atoms with van der Waals surface area (Å²) in [6.07, 6.45) is 5.76. The Kier molecular flexibility index (Phi) is 7.53. The molecule has 3 nitrogen and oxygen atoms in total. The van der Waals surface area contributed by atoms with E-state index < -0.39 is 5.41 Å². The Balaban J connectivity index is 1.71. The van der Waals surface area contributed by atoms with Gasteiger partial charge in [0.25, 0.3) is 0 Å². The molecule has 0 bridgehead atoms. The summed E-state index contributed by atoms with van der Waals surface area (Å²) in [6, 6.07) is 12.5. The average molecular weight is 625 g/mol. The maximum atomic E-state index is 13.3. The molecule has 0 aromatic heterocycles.